The van der Waals surface area contributed by atoms with Crippen molar-refractivity contribution in [1.29, 1.82) is 0 Å². The van der Waals surface area contributed by atoms with Crippen LogP contribution in [-0.4, -0.2) is 16.5 Å². The molecule has 0 atom stereocenters. The van der Waals surface area contributed by atoms with Gasteiger partial charge in [-0.3, -0.25) is 0 Å². The molecule has 1 aromatic rings. The second-order valence-electron chi connectivity index (χ2n) is 4.73. The third-order valence-corrected chi connectivity index (χ3v) is 1.99. The first-order chi connectivity index (χ1) is 6.58. The van der Waals surface area contributed by atoms with E-state index in [0.29, 0.717) is 5.41 Å². The lowest BCUT2D eigenvalue weighted by Crippen LogP contribution is -2.20. The van der Waals surface area contributed by atoms with Crippen LogP contribution in [0.5, 0.6) is 0 Å². The van der Waals surface area contributed by atoms with Gasteiger partial charge < -0.3 is 5.32 Å². The molecule has 1 rings (SSSR count). The van der Waals surface area contributed by atoms with Crippen molar-refractivity contribution in [2.75, 3.05) is 6.54 Å². The zero-order valence-corrected chi connectivity index (χ0v) is 9.25. The maximum absolute atomic E-state index is 3.96. The minimum atomic E-state index is 0.403. The average Bonchev–Trinajstić information content (AvgIpc) is 2.13. The zero-order valence-electron chi connectivity index (χ0n) is 9.25. The molecule has 3 heteroatoms. The quantitative estimate of drug-likeness (QED) is 0.743. The van der Waals surface area contributed by atoms with Crippen LogP contribution in [-0.2, 0) is 6.54 Å². The van der Waals surface area contributed by atoms with Crippen LogP contribution in [0.15, 0.2) is 18.7 Å². The topological polar surface area (TPSA) is 37.8 Å². The predicted octanol–water partition coefficient (Wildman–Crippen LogP) is 2.00. The monoisotopic (exact) mass is 193 g/mol. The Morgan fingerprint density at radius 1 is 1.21 bits per heavy atom. The predicted molar refractivity (Wildman–Crippen MR) is 57.8 cm³/mol. The molecule has 0 spiro atoms. The molecule has 14 heavy (non-hydrogen) atoms. The molecular formula is C11H19N3. The summed E-state index contributed by atoms with van der Waals surface area (Å²) in [7, 11) is 0. The molecular weight excluding hydrogens is 174 g/mol. The molecule has 0 unspecified atom stereocenters. The highest BCUT2D eigenvalue weighted by Crippen LogP contribution is 2.16. The summed E-state index contributed by atoms with van der Waals surface area (Å²) in [6, 6.07) is 0. The van der Waals surface area contributed by atoms with Crippen LogP contribution in [0.3, 0.4) is 0 Å². The fourth-order valence-corrected chi connectivity index (χ4v) is 1.12. The largest absolute Gasteiger partial charge is 0.313 e. The second-order valence-corrected chi connectivity index (χ2v) is 4.73. The van der Waals surface area contributed by atoms with Crippen molar-refractivity contribution in [3.05, 3.63) is 24.3 Å². The van der Waals surface area contributed by atoms with E-state index in [1.807, 2.05) is 12.4 Å². The molecule has 0 amide bonds. The van der Waals surface area contributed by atoms with Crippen molar-refractivity contribution in [2.45, 2.75) is 33.7 Å². The first-order valence-corrected chi connectivity index (χ1v) is 5.02. The second kappa shape index (κ2) is 5.05. The summed E-state index contributed by atoms with van der Waals surface area (Å²) in [5.74, 6) is 0. The SMILES string of the molecule is CC(C)(C)CCNCc1cncnc1. The molecule has 0 saturated heterocycles. The molecule has 0 aliphatic rings. The van der Waals surface area contributed by atoms with Crippen molar-refractivity contribution < 1.29 is 0 Å². The van der Waals surface area contributed by atoms with Gasteiger partial charge in [0.2, 0.25) is 0 Å². The van der Waals surface area contributed by atoms with E-state index in [1.54, 1.807) is 6.33 Å². The summed E-state index contributed by atoms with van der Waals surface area (Å²) < 4.78 is 0. The normalized spacial score (nSPS) is 11.6. The third-order valence-electron chi connectivity index (χ3n) is 1.99. The van der Waals surface area contributed by atoms with E-state index in [9.17, 15) is 0 Å². The number of hydrogen-bond donors (Lipinski definition) is 1. The van der Waals surface area contributed by atoms with Crippen LogP contribution in [0.4, 0.5) is 0 Å². The van der Waals surface area contributed by atoms with Crippen molar-refractivity contribution in [2.24, 2.45) is 5.41 Å². The van der Waals surface area contributed by atoms with Gasteiger partial charge >= 0.3 is 0 Å². The summed E-state index contributed by atoms with van der Waals surface area (Å²) in [5.41, 5.74) is 1.54. The Morgan fingerprint density at radius 3 is 2.43 bits per heavy atom. The molecule has 0 radical (unpaired) electrons. The Kier molecular flexibility index (Phi) is 4.01. The van der Waals surface area contributed by atoms with Crippen LogP contribution in [0, 0.1) is 5.41 Å². The minimum absolute atomic E-state index is 0.403. The van der Waals surface area contributed by atoms with E-state index in [2.05, 4.69) is 36.1 Å². The first-order valence-electron chi connectivity index (χ1n) is 5.02. The maximum Gasteiger partial charge on any atom is 0.115 e. The molecule has 3 nitrogen and oxygen atoms in total. The van der Waals surface area contributed by atoms with E-state index in [0.717, 1.165) is 18.7 Å². The summed E-state index contributed by atoms with van der Waals surface area (Å²) in [6.45, 7) is 8.65. The number of hydrogen-bond acceptors (Lipinski definition) is 3. The number of rotatable bonds is 4. The highest BCUT2D eigenvalue weighted by atomic mass is 14.9. The van der Waals surface area contributed by atoms with E-state index in [1.165, 1.54) is 6.42 Å². The summed E-state index contributed by atoms with van der Waals surface area (Å²) in [6.07, 6.45) is 6.42. The third kappa shape index (κ3) is 4.92. The van der Waals surface area contributed by atoms with E-state index in [4.69, 9.17) is 0 Å². The lowest BCUT2D eigenvalue weighted by Gasteiger charge is -2.17. The van der Waals surface area contributed by atoms with Gasteiger partial charge in [0, 0.05) is 24.5 Å². The molecule has 0 aromatic carbocycles. The summed E-state index contributed by atoms with van der Waals surface area (Å²) >= 11 is 0. The fraction of sp³-hybridized carbons (Fsp3) is 0.636. The molecule has 1 aromatic heterocycles. The van der Waals surface area contributed by atoms with Crippen LogP contribution in [0.1, 0.15) is 32.8 Å². The zero-order chi connectivity index (χ0) is 10.4. The van der Waals surface area contributed by atoms with Gasteiger partial charge in [0.1, 0.15) is 6.33 Å². The molecule has 0 aliphatic heterocycles. The minimum Gasteiger partial charge on any atom is -0.313 e. The average molecular weight is 193 g/mol. The lowest BCUT2D eigenvalue weighted by molar-refractivity contribution is 0.366. The highest BCUT2D eigenvalue weighted by molar-refractivity contribution is 5.01. The van der Waals surface area contributed by atoms with Gasteiger partial charge in [0.15, 0.2) is 0 Å². The molecule has 0 bridgehead atoms. The Morgan fingerprint density at radius 2 is 1.86 bits per heavy atom. The van der Waals surface area contributed by atoms with Gasteiger partial charge in [0.25, 0.3) is 0 Å². The lowest BCUT2D eigenvalue weighted by atomic mass is 9.92. The van der Waals surface area contributed by atoms with Crippen molar-refractivity contribution in [3.8, 4) is 0 Å². The molecule has 0 saturated carbocycles. The van der Waals surface area contributed by atoms with Gasteiger partial charge in [-0.25, -0.2) is 9.97 Å². The van der Waals surface area contributed by atoms with Crippen molar-refractivity contribution in [3.63, 3.8) is 0 Å². The number of nitrogens with one attached hydrogen (secondary N) is 1. The van der Waals surface area contributed by atoms with Crippen LogP contribution < -0.4 is 5.32 Å². The molecule has 0 fully saturated rings. The highest BCUT2D eigenvalue weighted by Gasteiger charge is 2.08. The smallest absolute Gasteiger partial charge is 0.115 e. The van der Waals surface area contributed by atoms with Gasteiger partial charge in [-0.15, -0.1) is 0 Å². The van der Waals surface area contributed by atoms with Gasteiger partial charge in [-0.1, -0.05) is 20.8 Å². The first kappa shape index (κ1) is 11.1. The van der Waals surface area contributed by atoms with Gasteiger partial charge in [-0.2, -0.15) is 0 Å². The van der Waals surface area contributed by atoms with E-state index in [-0.39, 0.29) is 0 Å². The molecule has 78 valence electrons. The standard InChI is InChI=1S/C11H19N3/c1-11(2,3)4-5-12-6-10-7-13-9-14-8-10/h7-9,12H,4-6H2,1-3H3. The summed E-state index contributed by atoms with van der Waals surface area (Å²) in [5, 5.41) is 3.38. The number of aromatic nitrogens is 2. The van der Waals surface area contributed by atoms with Crippen LogP contribution >= 0.6 is 0 Å². The molecule has 0 aliphatic carbocycles. The van der Waals surface area contributed by atoms with E-state index < -0.39 is 0 Å². The Bertz CT molecular complexity index is 251. The molecule has 1 N–H and O–H groups in total. The van der Waals surface area contributed by atoms with Crippen molar-refractivity contribution in [1.82, 2.24) is 15.3 Å². The van der Waals surface area contributed by atoms with Crippen LogP contribution in [0.2, 0.25) is 0 Å². The molecule has 1 heterocycles. The Labute approximate surface area is 86.0 Å². The number of nitrogens with zero attached hydrogens (tertiary/aromatic N) is 2. The van der Waals surface area contributed by atoms with Gasteiger partial charge in [0.05, 0.1) is 0 Å². The van der Waals surface area contributed by atoms with Crippen LogP contribution in [0.25, 0.3) is 0 Å². The van der Waals surface area contributed by atoms with Crippen molar-refractivity contribution >= 4 is 0 Å². The maximum atomic E-state index is 3.96. The Hall–Kier alpha value is -0.960. The summed E-state index contributed by atoms with van der Waals surface area (Å²) in [4.78, 5) is 7.92. The Balaban J connectivity index is 2.17. The van der Waals surface area contributed by atoms with E-state index >= 15 is 0 Å². The fourth-order valence-electron chi connectivity index (χ4n) is 1.12. The van der Waals surface area contributed by atoms with Gasteiger partial charge in [-0.05, 0) is 18.4 Å².